The van der Waals surface area contributed by atoms with Gasteiger partial charge in [-0.15, -0.1) is 5.10 Å². The topological polar surface area (TPSA) is 67.3 Å². The minimum absolute atomic E-state index is 0.00785. The molecule has 1 atom stereocenters. The molecule has 1 N–H and O–H groups in total. The summed E-state index contributed by atoms with van der Waals surface area (Å²) in [6, 6.07) is 3.26. The maximum absolute atomic E-state index is 12.1. The predicted molar refractivity (Wildman–Crippen MR) is 75.4 cm³/mol. The molecule has 0 bridgehead atoms. The standard InChI is InChI=1S/C13H19ClN4O2/c1-2-5-15-13(19)11-9-20-7-6-18(11)8-10-3-4-12(14)17-16-10/h3-4,11H,2,5-9H2,1H3,(H,15,19). The first kappa shape index (κ1) is 15.2. The minimum Gasteiger partial charge on any atom is -0.378 e. The van der Waals surface area contributed by atoms with Gasteiger partial charge in [-0.1, -0.05) is 18.5 Å². The van der Waals surface area contributed by atoms with E-state index in [0.717, 1.165) is 12.1 Å². The quantitative estimate of drug-likeness (QED) is 0.873. The van der Waals surface area contributed by atoms with Gasteiger partial charge in [0.1, 0.15) is 6.04 Å². The van der Waals surface area contributed by atoms with Gasteiger partial charge in [-0.25, -0.2) is 0 Å². The Morgan fingerprint density at radius 2 is 2.40 bits per heavy atom. The Morgan fingerprint density at radius 3 is 3.10 bits per heavy atom. The summed E-state index contributed by atoms with van der Waals surface area (Å²) in [5.41, 5.74) is 0.796. The zero-order valence-corrected chi connectivity index (χ0v) is 12.3. The third kappa shape index (κ3) is 4.13. The molecule has 0 aromatic carbocycles. The third-order valence-corrected chi connectivity index (χ3v) is 3.35. The number of morpholine rings is 1. The molecule has 20 heavy (non-hydrogen) atoms. The molecule has 1 aliphatic rings. The van der Waals surface area contributed by atoms with E-state index in [0.29, 0.717) is 38.0 Å². The summed E-state index contributed by atoms with van der Waals surface area (Å²) in [6.07, 6.45) is 0.919. The van der Waals surface area contributed by atoms with E-state index in [2.05, 4.69) is 20.4 Å². The molecule has 1 amide bonds. The maximum atomic E-state index is 12.1. The molecule has 0 aliphatic carbocycles. The number of rotatable bonds is 5. The Kier molecular flexibility index (Phi) is 5.70. The van der Waals surface area contributed by atoms with Crippen molar-refractivity contribution >= 4 is 17.5 Å². The largest absolute Gasteiger partial charge is 0.378 e. The van der Waals surface area contributed by atoms with Crippen molar-refractivity contribution in [3.8, 4) is 0 Å². The van der Waals surface area contributed by atoms with Crippen LogP contribution in [0.1, 0.15) is 19.0 Å². The van der Waals surface area contributed by atoms with Gasteiger partial charge in [0.2, 0.25) is 5.91 Å². The van der Waals surface area contributed by atoms with E-state index in [1.807, 2.05) is 13.0 Å². The molecule has 2 rings (SSSR count). The van der Waals surface area contributed by atoms with Crippen molar-refractivity contribution in [1.82, 2.24) is 20.4 Å². The highest BCUT2D eigenvalue weighted by atomic mass is 35.5. The number of aromatic nitrogens is 2. The van der Waals surface area contributed by atoms with Crippen LogP contribution in [0.3, 0.4) is 0 Å². The summed E-state index contributed by atoms with van der Waals surface area (Å²) >= 11 is 5.72. The van der Waals surface area contributed by atoms with Gasteiger partial charge in [-0.3, -0.25) is 9.69 Å². The van der Waals surface area contributed by atoms with Crippen LogP contribution in [0, 0.1) is 0 Å². The van der Waals surface area contributed by atoms with Crippen molar-refractivity contribution in [3.63, 3.8) is 0 Å². The summed E-state index contributed by atoms with van der Waals surface area (Å²) in [7, 11) is 0. The number of carbonyl (C=O) groups excluding carboxylic acids is 1. The van der Waals surface area contributed by atoms with Crippen molar-refractivity contribution in [3.05, 3.63) is 23.0 Å². The second-order valence-electron chi connectivity index (χ2n) is 4.70. The van der Waals surface area contributed by atoms with E-state index in [1.54, 1.807) is 6.07 Å². The molecule has 0 saturated carbocycles. The number of halogens is 1. The van der Waals surface area contributed by atoms with E-state index in [4.69, 9.17) is 16.3 Å². The molecule has 1 aliphatic heterocycles. The monoisotopic (exact) mass is 298 g/mol. The number of hydrogen-bond donors (Lipinski definition) is 1. The van der Waals surface area contributed by atoms with E-state index < -0.39 is 0 Å². The highest BCUT2D eigenvalue weighted by Gasteiger charge is 2.29. The Balaban J connectivity index is 1.99. The van der Waals surface area contributed by atoms with Gasteiger partial charge in [-0.2, -0.15) is 5.10 Å². The van der Waals surface area contributed by atoms with E-state index in [1.165, 1.54) is 0 Å². The Bertz CT molecular complexity index is 441. The molecule has 1 aromatic heterocycles. The van der Waals surface area contributed by atoms with Gasteiger partial charge in [0.25, 0.3) is 0 Å². The van der Waals surface area contributed by atoms with Crippen molar-refractivity contribution in [2.24, 2.45) is 0 Å². The molecule has 1 fully saturated rings. The molecule has 7 heteroatoms. The number of hydrogen-bond acceptors (Lipinski definition) is 5. The molecule has 1 unspecified atom stereocenters. The Morgan fingerprint density at radius 1 is 1.55 bits per heavy atom. The predicted octanol–water partition coefficient (Wildman–Crippen LogP) is 0.857. The van der Waals surface area contributed by atoms with Crippen LogP contribution < -0.4 is 5.32 Å². The molecular weight excluding hydrogens is 280 g/mol. The van der Waals surface area contributed by atoms with Crippen molar-refractivity contribution < 1.29 is 9.53 Å². The van der Waals surface area contributed by atoms with E-state index in [-0.39, 0.29) is 11.9 Å². The summed E-state index contributed by atoms with van der Waals surface area (Å²) in [5, 5.41) is 11.1. The van der Waals surface area contributed by atoms with Gasteiger partial charge in [0.15, 0.2) is 5.15 Å². The van der Waals surface area contributed by atoms with Crippen molar-refractivity contribution in [1.29, 1.82) is 0 Å². The van der Waals surface area contributed by atoms with Crippen LogP contribution in [-0.4, -0.2) is 53.3 Å². The molecule has 0 radical (unpaired) electrons. The van der Waals surface area contributed by atoms with Gasteiger partial charge < -0.3 is 10.1 Å². The van der Waals surface area contributed by atoms with E-state index in [9.17, 15) is 4.79 Å². The molecule has 110 valence electrons. The maximum Gasteiger partial charge on any atom is 0.239 e. The lowest BCUT2D eigenvalue weighted by atomic mass is 10.2. The minimum atomic E-state index is -0.271. The molecule has 6 nitrogen and oxygen atoms in total. The summed E-state index contributed by atoms with van der Waals surface area (Å²) in [4.78, 5) is 14.2. The summed E-state index contributed by atoms with van der Waals surface area (Å²) in [5.74, 6) is 0.00785. The van der Waals surface area contributed by atoms with Gasteiger partial charge >= 0.3 is 0 Å². The van der Waals surface area contributed by atoms with Crippen LogP contribution in [0.15, 0.2) is 12.1 Å². The fourth-order valence-electron chi connectivity index (χ4n) is 2.07. The van der Waals surface area contributed by atoms with E-state index >= 15 is 0 Å². The zero-order valence-electron chi connectivity index (χ0n) is 11.5. The molecule has 1 saturated heterocycles. The number of ether oxygens (including phenoxy) is 1. The highest BCUT2D eigenvalue weighted by Crippen LogP contribution is 2.12. The van der Waals surface area contributed by atoms with Crippen LogP contribution in [0.25, 0.3) is 0 Å². The first-order valence-electron chi connectivity index (χ1n) is 6.78. The number of nitrogens with zero attached hydrogens (tertiary/aromatic N) is 3. The molecule has 1 aromatic rings. The Hall–Kier alpha value is -1.24. The Labute approximate surface area is 123 Å². The lowest BCUT2D eigenvalue weighted by molar-refractivity contribution is -0.133. The first-order valence-corrected chi connectivity index (χ1v) is 7.16. The van der Waals surface area contributed by atoms with Gasteiger partial charge in [-0.05, 0) is 18.6 Å². The SMILES string of the molecule is CCCNC(=O)C1COCCN1Cc1ccc(Cl)nn1. The van der Waals surface area contributed by atoms with Crippen LogP contribution >= 0.6 is 11.6 Å². The number of amides is 1. The summed E-state index contributed by atoms with van der Waals surface area (Å²) in [6.45, 7) is 5.02. The van der Waals surface area contributed by atoms with Crippen molar-refractivity contribution in [2.75, 3.05) is 26.3 Å². The zero-order chi connectivity index (χ0) is 14.4. The van der Waals surface area contributed by atoms with Crippen LogP contribution in [0.2, 0.25) is 5.15 Å². The average molecular weight is 299 g/mol. The smallest absolute Gasteiger partial charge is 0.239 e. The van der Waals surface area contributed by atoms with Gasteiger partial charge in [0.05, 0.1) is 18.9 Å². The number of carbonyl (C=O) groups is 1. The summed E-state index contributed by atoms with van der Waals surface area (Å²) < 4.78 is 5.41. The highest BCUT2D eigenvalue weighted by molar-refractivity contribution is 6.29. The fraction of sp³-hybridized carbons (Fsp3) is 0.615. The fourth-order valence-corrected chi connectivity index (χ4v) is 2.17. The first-order chi connectivity index (χ1) is 9.70. The molecule has 0 spiro atoms. The average Bonchev–Trinajstić information content (AvgIpc) is 2.48. The second-order valence-corrected chi connectivity index (χ2v) is 5.09. The molecular formula is C13H19ClN4O2. The van der Waals surface area contributed by atoms with Gasteiger partial charge in [0, 0.05) is 19.6 Å². The van der Waals surface area contributed by atoms with Crippen LogP contribution in [-0.2, 0) is 16.1 Å². The number of nitrogens with one attached hydrogen (secondary N) is 1. The lowest BCUT2D eigenvalue weighted by Gasteiger charge is -2.34. The molecule has 2 heterocycles. The third-order valence-electron chi connectivity index (χ3n) is 3.14. The normalized spacial score (nSPS) is 19.8. The van der Waals surface area contributed by atoms with Crippen LogP contribution in [0.4, 0.5) is 0 Å². The van der Waals surface area contributed by atoms with Crippen molar-refractivity contribution in [2.45, 2.75) is 25.9 Å². The second kappa shape index (κ2) is 7.52. The lowest BCUT2D eigenvalue weighted by Crippen LogP contribution is -2.53. The van der Waals surface area contributed by atoms with Crippen LogP contribution in [0.5, 0.6) is 0 Å².